The minimum atomic E-state index is 0.197. The van der Waals surface area contributed by atoms with Gasteiger partial charge in [-0.3, -0.25) is 9.59 Å². The molecule has 0 saturated carbocycles. The summed E-state index contributed by atoms with van der Waals surface area (Å²) in [5, 5.41) is 0. The topological polar surface area (TPSA) is 40.6 Å². The van der Waals surface area contributed by atoms with Crippen LogP contribution in [0.3, 0.4) is 0 Å². The number of anilines is 2. The lowest BCUT2D eigenvalue weighted by Gasteiger charge is -2.12. The lowest BCUT2D eigenvalue weighted by molar-refractivity contribution is 0.0966. The van der Waals surface area contributed by atoms with Crippen LogP contribution in [-0.4, -0.2) is 39.8 Å². The Morgan fingerprint density at radius 2 is 0.893 bits per heavy atom. The maximum atomic E-state index is 12.3. The third kappa shape index (κ3) is 6.52. The van der Waals surface area contributed by atoms with Crippen molar-refractivity contribution in [2.45, 2.75) is 38.5 Å². The molecule has 0 aliphatic carbocycles. The number of hydrogen-bond acceptors (Lipinski definition) is 4. The van der Waals surface area contributed by atoms with Crippen LogP contribution < -0.4 is 9.80 Å². The number of nitrogens with zero attached hydrogens (tertiary/aromatic N) is 2. The third-order valence-electron chi connectivity index (χ3n) is 4.97. The van der Waals surface area contributed by atoms with Crippen LogP contribution in [0.2, 0.25) is 0 Å². The Labute approximate surface area is 169 Å². The fraction of sp³-hybridized carbons (Fsp3) is 0.417. The summed E-state index contributed by atoms with van der Waals surface area (Å²) in [5.41, 5.74) is 3.75. The van der Waals surface area contributed by atoms with Crippen molar-refractivity contribution >= 4 is 22.9 Å². The molecular weight excluding hydrogens is 348 g/mol. The number of carbonyl (C=O) groups is 2. The smallest absolute Gasteiger partial charge is 0.162 e. The van der Waals surface area contributed by atoms with Gasteiger partial charge < -0.3 is 9.80 Å². The Balaban J connectivity index is 1.64. The van der Waals surface area contributed by atoms with Gasteiger partial charge in [0.15, 0.2) is 11.6 Å². The van der Waals surface area contributed by atoms with E-state index >= 15 is 0 Å². The second kappa shape index (κ2) is 10.6. The van der Waals surface area contributed by atoms with Crippen LogP contribution in [0.25, 0.3) is 0 Å². The molecular formula is C24H32N2O2. The van der Waals surface area contributed by atoms with Gasteiger partial charge in [0.25, 0.3) is 0 Å². The Bertz CT molecular complexity index is 695. The van der Waals surface area contributed by atoms with E-state index in [1.807, 2.05) is 86.5 Å². The molecule has 0 heterocycles. The predicted molar refractivity (Wildman–Crippen MR) is 118 cm³/mol. The van der Waals surface area contributed by atoms with Gasteiger partial charge in [0.2, 0.25) is 0 Å². The van der Waals surface area contributed by atoms with E-state index in [9.17, 15) is 9.59 Å². The van der Waals surface area contributed by atoms with Crippen LogP contribution in [0.15, 0.2) is 48.5 Å². The molecule has 0 radical (unpaired) electrons. The van der Waals surface area contributed by atoms with Crippen molar-refractivity contribution in [2.24, 2.45) is 0 Å². The van der Waals surface area contributed by atoms with E-state index < -0.39 is 0 Å². The number of ketones is 2. The first kappa shape index (κ1) is 21.7. The van der Waals surface area contributed by atoms with Crippen molar-refractivity contribution in [3.63, 3.8) is 0 Å². The molecule has 28 heavy (non-hydrogen) atoms. The molecule has 0 spiro atoms. The molecule has 0 unspecified atom stereocenters. The van der Waals surface area contributed by atoms with E-state index in [2.05, 4.69) is 0 Å². The Hall–Kier alpha value is -2.62. The van der Waals surface area contributed by atoms with E-state index in [1.165, 1.54) is 0 Å². The lowest BCUT2D eigenvalue weighted by atomic mass is 10.0. The van der Waals surface area contributed by atoms with Crippen molar-refractivity contribution in [3.05, 3.63) is 59.7 Å². The second-order valence-electron chi connectivity index (χ2n) is 7.64. The number of benzene rings is 2. The van der Waals surface area contributed by atoms with Gasteiger partial charge in [-0.25, -0.2) is 0 Å². The lowest BCUT2D eigenvalue weighted by Crippen LogP contribution is -2.09. The van der Waals surface area contributed by atoms with Crippen molar-refractivity contribution in [1.82, 2.24) is 0 Å². The standard InChI is InChI=1S/C24H32N2O2/c1-25(2)21-15-11-19(12-16-21)23(27)9-7-5-6-8-10-24(28)20-13-17-22(18-14-20)26(3)4/h11-18H,5-10H2,1-4H3. The van der Waals surface area contributed by atoms with Crippen molar-refractivity contribution < 1.29 is 9.59 Å². The monoisotopic (exact) mass is 380 g/mol. The minimum absolute atomic E-state index is 0.197. The van der Waals surface area contributed by atoms with Gasteiger partial charge in [-0.1, -0.05) is 12.8 Å². The molecule has 150 valence electrons. The molecule has 0 bridgehead atoms. The van der Waals surface area contributed by atoms with E-state index in [-0.39, 0.29) is 11.6 Å². The summed E-state index contributed by atoms with van der Waals surface area (Å²) in [6.07, 6.45) is 4.85. The molecule has 0 atom stereocenters. The second-order valence-corrected chi connectivity index (χ2v) is 7.64. The Morgan fingerprint density at radius 1 is 0.571 bits per heavy atom. The van der Waals surface area contributed by atoms with Crippen LogP contribution >= 0.6 is 0 Å². The number of rotatable bonds is 11. The summed E-state index contributed by atoms with van der Waals surface area (Å²) in [5.74, 6) is 0.393. The van der Waals surface area contributed by atoms with Gasteiger partial charge in [0.1, 0.15) is 0 Å². The maximum absolute atomic E-state index is 12.3. The van der Waals surface area contributed by atoms with E-state index in [4.69, 9.17) is 0 Å². The Kier molecular flexibility index (Phi) is 8.24. The highest BCUT2D eigenvalue weighted by molar-refractivity contribution is 5.96. The normalized spacial score (nSPS) is 10.6. The quantitative estimate of drug-likeness (QED) is 0.396. The molecule has 2 aromatic carbocycles. The summed E-state index contributed by atoms with van der Waals surface area (Å²) in [6, 6.07) is 15.5. The van der Waals surface area contributed by atoms with Crippen molar-refractivity contribution in [3.8, 4) is 0 Å². The average Bonchev–Trinajstić information content (AvgIpc) is 2.70. The average molecular weight is 381 g/mol. The van der Waals surface area contributed by atoms with Gasteiger partial charge >= 0.3 is 0 Å². The summed E-state index contributed by atoms with van der Waals surface area (Å²) in [6.45, 7) is 0. The van der Waals surface area contributed by atoms with E-state index in [0.29, 0.717) is 12.8 Å². The van der Waals surface area contributed by atoms with Crippen molar-refractivity contribution in [1.29, 1.82) is 0 Å². The van der Waals surface area contributed by atoms with Crippen LogP contribution in [0.5, 0.6) is 0 Å². The van der Waals surface area contributed by atoms with Gasteiger partial charge in [-0.2, -0.15) is 0 Å². The molecule has 0 aliphatic heterocycles. The number of carbonyl (C=O) groups excluding carboxylic acids is 2. The number of hydrogen-bond donors (Lipinski definition) is 0. The minimum Gasteiger partial charge on any atom is -0.378 e. The number of Topliss-reactive ketones (excluding diaryl/α,β-unsaturated/α-hetero) is 2. The molecule has 2 aromatic rings. The van der Waals surface area contributed by atoms with Crippen LogP contribution in [-0.2, 0) is 0 Å². The first-order chi connectivity index (χ1) is 13.4. The zero-order valence-electron chi connectivity index (χ0n) is 17.6. The Morgan fingerprint density at radius 3 is 1.18 bits per heavy atom. The first-order valence-corrected chi connectivity index (χ1v) is 9.99. The summed E-state index contributed by atoms with van der Waals surface area (Å²) in [4.78, 5) is 28.6. The van der Waals surface area contributed by atoms with Gasteiger partial charge in [0.05, 0.1) is 0 Å². The molecule has 0 aromatic heterocycles. The molecule has 4 nitrogen and oxygen atoms in total. The fourth-order valence-corrected chi connectivity index (χ4v) is 3.10. The first-order valence-electron chi connectivity index (χ1n) is 9.99. The fourth-order valence-electron chi connectivity index (χ4n) is 3.10. The third-order valence-corrected chi connectivity index (χ3v) is 4.97. The van der Waals surface area contributed by atoms with E-state index in [1.54, 1.807) is 0 Å². The van der Waals surface area contributed by atoms with Crippen molar-refractivity contribution in [2.75, 3.05) is 38.0 Å². The van der Waals surface area contributed by atoms with Crippen LogP contribution in [0.4, 0.5) is 11.4 Å². The maximum Gasteiger partial charge on any atom is 0.162 e. The van der Waals surface area contributed by atoms with Crippen LogP contribution in [0, 0.1) is 0 Å². The highest BCUT2D eigenvalue weighted by atomic mass is 16.1. The van der Waals surface area contributed by atoms with Gasteiger partial charge in [-0.05, 0) is 61.4 Å². The summed E-state index contributed by atoms with van der Waals surface area (Å²) >= 11 is 0. The predicted octanol–water partition coefficient (Wildman–Crippen LogP) is 5.22. The van der Waals surface area contributed by atoms with Gasteiger partial charge in [-0.15, -0.1) is 0 Å². The highest BCUT2D eigenvalue weighted by Gasteiger charge is 2.08. The highest BCUT2D eigenvalue weighted by Crippen LogP contribution is 2.17. The zero-order valence-corrected chi connectivity index (χ0v) is 17.6. The molecule has 0 N–H and O–H groups in total. The van der Waals surface area contributed by atoms with Crippen LogP contribution in [0.1, 0.15) is 59.2 Å². The molecule has 2 rings (SSSR count). The molecule has 0 fully saturated rings. The van der Waals surface area contributed by atoms with E-state index in [0.717, 1.165) is 48.2 Å². The van der Waals surface area contributed by atoms with Gasteiger partial charge in [0, 0.05) is 63.5 Å². The molecule has 0 aliphatic rings. The largest absolute Gasteiger partial charge is 0.378 e. The number of unbranched alkanes of at least 4 members (excludes halogenated alkanes) is 3. The summed E-state index contributed by atoms with van der Waals surface area (Å²) < 4.78 is 0. The SMILES string of the molecule is CN(C)c1ccc(C(=O)CCCCCCC(=O)c2ccc(N(C)C)cc2)cc1. The summed E-state index contributed by atoms with van der Waals surface area (Å²) in [7, 11) is 7.95. The molecule has 0 amide bonds. The zero-order chi connectivity index (χ0) is 20.5. The molecule has 4 heteroatoms. The molecule has 0 saturated heterocycles.